The molecule has 2 heterocycles. The molecular weight excluding hydrogens is 158 g/mol. The van der Waals surface area contributed by atoms with E-state index >= 15 is 0 Å². The molecule has 0 fully saturated rings. The number of nitrogens with two attached hydrogens (primary N) is 1. The van der Waals surface area contributed by atoms with Crippen LogP contribution in [0.15, 0.2) is 6.20 Å². The highest BCUT2D eigenvalue weighted by Gasteiger charge is 2.10. The monoisotopic (exact) mass is 167 g/mol. The number of nitrogen functional groups attached to an aromatic ring is 1. The third kappa shape index (κ3) is 1.30. The highest BCUT2D eigenvalue weighted by molar-refractivity contribution is 7.98. The van der Waals surface area contributed by atoms with Gasteiger partial charge in [-0.25, -0.2) is 9.97 Å². The molecule has 58 valence electrons. The minimum absolute atomic E-state index is 0.399. The summed E-state index contributed by atoms with van der Waals surface area (Å²) < 4.78 is 0. The Kier molecular flexibility index (Phi) is 1.69. The lowest BCUT2D eigenvalue weighted by molar-refractivity contribution is 0.964. The van der Waals surface area contributed by atoms with Crippen molar-refractivity contribution >= 4 is 17.7 Å². The summed E-state index contributed by atoms with van der Waals surface area (Å²) in [5.74, 6) is 2.59. The van der Waals surface area contributed by atoms with E-state index in [-0.39, 0.29) is 0 Å². The van der Waals surface area contributed by atoms with E-state index < -0.39 is 0 Å². The maximum absolute atomic E-state index is 5.45. The Labute approximate surface area is 69.4 Å². The van der Waals surface area contributed by atoms with Crippen LogP contribution in [0.1, 0.15) is 11.3 Å². The van der Waals surface area contributed by atoms with Crippen LogP contribution >= 0.6 is 11.8 Å². The first-order valence-electron chi connectivity index (χ1n) is 3.54. The fourth-order valence-electron chi connectivity index (χ4n) is 1.15. The van der Waals surface area contributed by atoms with Crippen LogP contribution in [0.25, 0.3) is 0 Å². The molecule has 0 saturated carbocycles. The van der Waals surface area contributed by atoms with Crippen LogP contribution < -0.4 is 5.73 Å². The van der Waals surface area contributed by atoms with Gasteiger partial charge in [0.05, 0.1) is 5.69 Å². The fourth-order valence-corrected chi connectivity index (χ4v) is 2.09. The summed E-state index contributed by atoms with van der Waals surface area (Å²) in [5.41, 5.74) is 7.83. The van der Waals surface area contributed by atoms with Crippen LogP contribution in [-0.4, -0.2) is 15.7 Å². The minimum atomic E-state index is 0.399. The molecule has 0 saturated heterocycles. The maximum atomic E-state index is 5.45. The number of aromatic nitrogens is 2. The molecule has 0 bridgehead atoms. The second-order valence-corrected chi connectivity index (χ2v) is 3.61. The number of thioether (sulfide) groups is 1. The zero-order valence-corrected chi connectivity index (χ0v) is 6.90. The van der Waals surface area contributed by atoms with Crippen LogP contribution in [-0.2, 0) is 12.2 Å². The van der Waals surface area contributed by atoms with Crippen molar-refractivity contribution in [2.24, 2.45) is 0 Å². The largest absolute Gasteiger partial charge is 0.368 e. The Morgan fingerprint density at radius 2 is 2.45 bits per heavy atom. The zero-order valence-electron chi connectivity index (χ0n) is 6.08. The van der Waals surface area contributed by atoms with Crippen LogP contribution in [0, 0.1) is 0 Å². The molecule has 0 spiro atoms. The molecule has 3 nitrogen and oxygen atoms in total. The lowest BCUT2D eigenvalue weighted by Crippen LogP contribution is -2.08. The summed E-state index contributed by atoms with van der Waals surface area (Å²) in [5, 5.41) is 0. The Morgan fingerprint density at radius 3 is 3.36 bits per heavy atom. The second-order valence-electron chi connectivity index (χ2n) is 2.50. The number of fused-ring (bicyclic) bond motifs is 1. The Morgan fingerprint density at radius 1 is 1.55 bits per heavy atom. The maximum Gasteiger partial charge on any atom is 0.220 e. The van der Waals surface area contributed by atoms with Gasteiger partial charge < -0.3 is 5.73 Å². The normalized spacial score (nSPS) is 16.0. The number of hydrogen-bond acceptors (Lipinski definition) is 4. The van der Waals surface area contributed by atoms with Gasteiger partial charge in [0.2, 0.25) is 5.95 Å². The van der Waals surface area contributed by atoms with Crippen molar-refractivity contribution in [1.29, 1.82) is 0 Å². The topological polar surface area (TPSA) is 51.8 Å². The molecule has 1 aliphatic rings. The van der Waals surface area contributed by atoms with Crippen molar-refractivity contribution in [1.82, 2.24) is 9.97 Å². The van der Waals surface area contributed by atoms with Gasteiger partial charge >= 0.3 is 0 Å². The van der Waals surface area contributed by atoms with Gasteiger partial charge in [0.15, 0.2) is 0 Å². The average molecular weight is 167 g/mol. The number of rotatable bonds is 0. The molecule has 1 aromatic rings. The van der Waals surface area contributed by atoms with Gasteiger partial charge in [0.25, 0.3) is 0 Å². The molecule has 0 atom stereocenters. The summed E-state index contributed by atoms with van der Waals surface area (Å²) in [4.78, 5) is 8.11. The van der Waals surface area contributed by atoms with E-state index in [4.69, 9.17) is 5.73 Å². The highest BCUT2D eigenvalue weighted by Crippen LogP contribution is 2.22. The van der Waals surface area contributed by atoms with Gasteiger partial charge in [-0.3, -0.25) is 0 Å². The van der Waals surface area contributed by atoms with Gasteiger partial charge in [-0.05, 0) is 12.2 Å². The van der Waals surface area contributed by atoms with Gasteiger partial charge in [-0.15, -0.1) is 0 Å². The van der Waals surface area contributed by atoms with Crippen molar-refractivity contribution in [2.45, 2.75) is 12.2 Å². The minimum Gasteiger partial charge on any atom is -0.368 e. The lowest BCUT2D eigenvalue weighted by Gasteiger charge is -2.12. The molecule has 4 heteroatoms. The van der Waals surface area contributed by atoms with E-state index in [2.05, 4.69) is 9.97 Å². The predicted molar refractivity (Wildman–Crippen MR) is 46.3 cm³/mol. The molecule has 2 rings (SSSR count). The van der Waals surface area contributed by atoms with Crippen molar-refractivity contribution in [2.75, 3.05) is 11.5 Å². The number of nitrogens with zero attached hydrogens (tertiary/aromatic N) is 2. The molecule has 11 heavy (non-hydrogen) atoms. The van der Waals surface area contributed by atoms with E-state index in [1.807, 2.05) is 18.0 Å². The second kappa shape index (κ2) is 2.70. The molecule has 0 unspecified atom stereocenters. The third-order valence-electron chi connectivity index (χ3n) is 1.71. The van der Waals surface area contributed by atoms with Gasteiger partial charge in [-0.2, -0.15) is 11.8 Å². The molecule has 0 radical (unpaired) electrons. The van der Waals surface area contributed by atoms with Gasteiger partial charge in [-0.1, -0.05) is 0 Å². The van der Waals surface area contributed by atoms with Crippen molar-refractivity contribution in [3.05, 3.63) is 17.5 Å². The van der Waals surface area contributed by atoms with Crippen molar-refractivity contribution in [3.8, 4) is 0 Å². The average Bonchev–Trinajstić information content (AvgIpc) is 2.04. The van der Waals surface area contributed by atoms with Gasteiger partial charge in [0, 0.05) is 17.5 Å². The first kappa shape index (κ1) is 6.91. The summed E-state index contributed by atoms with van der Waals surface area (Å²) in [6.07, 6.45) is 2.87. The summed E-state index contributed by atoms with van der Waals surface area (Å²) in [6.45, 7) is 0. The molecule has 1 aliphatic heterocycles. The van der Waals surface area contributed by atoms with Crippen molar-refractivity contribution < 1.29 is 0 Å². The van der Waals surface area contributed by atoms with Gasteiger partial charge in [0.1, 0.15) is 0 Å². The molecule has 0 amide bonds. The molecule has 0 aromatic carbocycles. The van der Waals surface area contributed by atoms with Crippen LogP contribution in [0.4, 0.5) is 5.95 Å². The lowest BCUT2D eigenvalue weighted by atomic mass is 10.2. The zero-order chi connectivity index (χ0) is 7.68. The number of aryl methyl sites for hydroxylation is 1. The van der Waals surface area contributed by atoms with Crippen LogP contribution in [0.2, 0.25) is 0 Å². The summed E-state index contributed by atoms with van der Waals surface area (Å²) in [6, 6.07) is 0. The standard InChI is InChI=1S/C7H9N3S/c8-7-9-3-5-4-11-2-1-6(5)10-7/h3H,1-2,4H2,(H2,8,9,10). The first-order valence-corrected chi connectivity index (χ1v) is 4.70. The SMILES string of the molecule is Nc1ncc2c(n1)CCSC2. The van der Waals surface area contributed by atoms with Crippen LogP contribution in [0.3, 0.4) is 0 Å². The molecule has 1 aromatic heterocycles. The molecule has 2 N–H and O–H groups in total. The predicted octanol–water partition coefficient (Wildman–Crippen LogP) is 0.848. The first-order chi connectivity index (χ1) is 5.36. The third-order valence-corrected chi connectivity index (χ3v) is 2.72. The van der Waals surface area contributed by atoms with Crippen molar-refractivity contribution in [3.63, 3.8) is 0 Å². The van der Waals surface area contributed by atoms with E-state index in [1.54, 1.807) is 0 Å². The Balaban J connectivity index is 2.43. The Bertz CT molecular complexity index is 274. The summed E-state index contributed by atoms with van der Waals surface area (Å²) in [7, 11) is 0. The van der Waals surface area contributed by atoms with E-state index in [1.165, 1.54) is 5.56 Å². The Hall–Kier alpha value is -0.770. The van der Waals surface area contributed by atoms with E-state index in [9.17, 15) is 0 Å². The molecule has 0 aliphatic carbocycles. The van der Waals surface area contributed by atoms with Crippen LogP contribution in [0.5, 0.6) is 0 Å². The fraction of sp³-hybridized carbons (Fsp3) is 0.429. The number of anilines is 1. The highest BCUT2D eigenvalue weighted by atomic mass is 32.2. The summed E-state index contributed by atoms with van der Waals surface area (Å²) >= 11 is 1.92. The molecular formula is C7H9N3S. The quantitative estimate of drug-likeness (QED) is 0.622. The smallest absolute Gasteiger partial charge is 0.220 e. The van der Waals surface area contributed by atoms with E-state index in [0.717, 1.165) is 23.6 Å². The van der Waals surface area contributed by atoms with E-state index in [0.29, 0.717) is 5.95 Å². The number of hydrogen-bond donors (Lipinski definition) is 1.